The van der Waals surface area contributed by atoms with Gasteiger partial charge >= 0.3 is 6.03 Å². The standard InChI is InChI=1S/C15H12ClN5O2S2/c16-8-1-2-10-11(5-8)25-13(19-10)20-12(22)6-9-7-24-15(18-9)21-4-3-17-14(21)23/h1-2,5,7H,3-4,6H2,(H,17,23)(H,19,20,22). The van der Waals surface area contributed by atoms with Crippen LogP contribution in [0.4, 0.5) is 15.1 Å². The minimum absolute atomic E-state index is 0.128. The zero-order valence-corrected chi connectivity index (χ0v) is 15.2. The third-order valence-electron chi connectivity index (χ3n) is 3.57. The van der Waals surface area contributed by atoms with Gasteiger partial charge in [0.05, 0.1) is 22.3 Å². The van der Waals surface area contributed by atoms with E-state index in [0.717, 1.165) is 10.2 Å². The zero-order valence-electron chi connectivity index (χ0n) is 12.8. The third kappa shape index (κ3) is 3.44. The van der Waals surface area contributed by atoms with Gasteiger partial charge in [0.2, 0.25) is 5.91 Å². The van der Waals surface area contributed by atoms with E-state index in [4.69, 9.17) is 11.6 Å². The van der Waals surface area contributed by atoms with Crippen molar-refractivity contribution in [2.75, 3.05) is 23.3 Å². The first kappa shape index (κ1) is 16.2. The summed E-state index contributed by atoms with van der Waals surface area (Å²) >= 11 is 8.68. The Morgan fingerprint density at radius 1 is 1.40 bits per heavy atom. The van der Waals surface area contributed by atoms with Gasteiger partial charge in [0, 0.05) is 23.5 Å². The number of carbonyl (C=O) groups excluding carboxylic acids is 2. The van der Waals surface area contributed by atoms with E-state index in [0.29, 0.717) is 34.1 Å². The number of nitrogens with one attached hydrogen (secondary N) is 2. The molecule has 25 heavy (non-hydrogen) atoms. The maximum Gasteiger partial charge on any atom is 0.323 e. The minimum atomic E-state index is -0.201. The zero-order chi connectivity index (χ0) is 17.4. The molecule has 128 valence electrons. The summed E-state index contributed by atoms with van der Waals surface area (Å²) in [4.78, 5) is 34.2. The van der Waals surface area contributed by atoms with Gasteiger partial charge in [0.25, 0.3) is 0 Å². The number of benzene rings is 1. The Morgan fingerprint density at radius 3 is 3.08 bits per heavy atom. The number of amides is 3. The van der Waals surface area contributed by atoms with E-state index < -0.39 is 0 Å². The van der Waals surface area contributed by atoms with E-state index in [1.165, 1.54) is 22.7 Å². The van der Waals surface area contributed by atoms with Crippen LogP contribution >= 0.6 is 34.3 Å². The van der Waals surface area contributed by atoms with Gasteiger partial charge in [-0.1, -0.05) is 22.9 Å². The van der Waals surface area contributed by atoms with Crippen molar-refractivity contribution in [1.82, 2.24) is 15.3 Å². The van der Waals surface area contributed by atoms with E-state index in [1.807, 2.05) is 12.1 Å². The summed E-state index contributed by atoms with van der Waals surface area (Å²) < 4.78 is 0.916. The van der Waals surface area contributed by atoms with Crippen LogP contribution in [0, 0.1) is 0 Å². The average Bonchev–Trinajstić information content (AvgIpc) is 3.26. The lowest BCUT2D eigenvalue weighted by Crippen LogP contribution is -2.27. The second-order valence-electron chi connectivity index (χ2n) is 5.36. The molecule has 0 spiro atoms. The first-order valence-corrected chi connectivity index (χ1v) is 9.51. The van der Waals surface area contributed by atoms with Crippen LogP contribution in [0.2, 0.25) is 5.02 Å². The lowest BCUT2D eigenvalue weighted by molar-refractivity contribution is -0.115. The van der Waals surface area contributed by atoms with E-state index in [9.17, 15) is 9.59 Å². The molecular weight excluding hydrogens is 382 g/mol. The number of urea groups is 1. The number of halogens is 1. The van der Waals surface area contributed by atoms with Gasteiger partial charge in [-0.15, -0.1) is 11.3 Å². The molecule has 1 saturated heterocycles. The van der Waals surface area contributed by atoms with Crippen LogP contribution < -0.4 is 15.5 Å². The van der Waals surface area contributed by atoms with Crippen LogP contribution in [0.3, 0.4) is 0 Å². The number of aromatic nitrogens is 2. The summed E-state index contributed by atoms with van der Waals surface area (Å²) in [6.45, 7) is 1.20. The van der Waals surface area contributed by atoms with Crippen LogP contribution in [-0.4, -0.2) is 35.0 Å². The van der Waals surface area contributed by atoms with Gasteiger partial charge in [0.1, 0.15) is 0 Å². The largest absolute Gasteiger partial charge is 0.336 e. The summed E-state index contributed by atoms with van der Waals surface area (Å²) in [5.74, 6) is -0.201. The van der Waals surface area contributed by atoms with Crippen molar-refractivity contribution in [1.29, 1.82) is 0 Å². The number of carbonyl (C=O) groups is 2. The number of hydrogen-bond acceptors (Lipinski definition) is 6. The maximum atomic E-state index is 12.2. The van der Waals surface area contributed by atoms with Crippen molar-refractivity contribution in [3.8, 4) is 0 Å². The minimum Gasteiger partial charge on any atom is -0.336 e. The Bertz CT molecular complexity index is 970. The predicted octanol–water partition coefficient (Wildman–Crippen LogP) is 3.12. The molecule has 0 atom stereocenters. The highest BCUT2D eigenvalue weighted by Crippen LogP contribution is 2.28. The molecule has 0 radical (unpaired) electrons. The Labute approximate surface area is 155 Å². The highest BCUT2D eigenvalue weighted by atomic mass is 35.5. The molecule has 0 aliphatic carbocycles. The Balaban J connectivity index is 1.43. The van der Waals surface area contributed by atoms with Crippen molar-refractivity contribution in [3.63, 3.8) is 0 Å². The highest BCUT2D eigenvalue weighted by Gasteiger charge is 2.24. The van der Waals surface area contributed by atoms with Gasteiger partial charge in [-0.3, -0.25) is 9.69 Å². The fourth-order valence-corrected chi connectivity index (χ4v) is 4.44. The lowest BCUT2D eigenvalue weighted by atomic mass is 10.3. The lowest BCUT2D eigenvalue weighted by Gasteiger charge is -2.08. The summed E-state index contributed by atoms with van der Waals surface area (Å²) in [5, 5.41) is 9.06. The first-order chi connectivity index (χ1) is 12.1. The summed E-state index contributed by atoms with van der Waals surface area (Å²) in [5.41, 5.74) is 1.42. The van der Waals surface area contributed by atoms with Crippen LogP contribution in [0.25, 0.3) is 10.2 Å². The normalized spacial score (nSPS) is 14.1. The number of rotatable bonds is 4. The molecule has 0 bridgehead atoms. The van der Waals surface area contributed by atoms with E-state index >= 15 is 0 Å². The van der Waals surface area contributed by atoms with E-state index in [-0.39, 0.29) is 18.4 Å². The molecule has 4 rings (SSSR count). The predicted molar refractivity (Wildman–Crippen MR) is 99.8 cm³/mol. The van der Waals surface area contributed by atoms with Crippen molar-refractivity contribution in [3.05, 3.63) is 34.3 Å². The number of thiazole rings is 2. The van der Waals surface area contributed by atoms with Gasteiger partial charge in [-0.2, -0.15) is 0 Å². The molecule has 1 aliphatic rings. The molecule has 1 fully saturated rings. The topological polar surface area (TPSA) is 87.2 Å². The number of hydrogen-bond donors (Lipinski definition) is 2. The van der Waals surface area contributed by atoms with Crippen molar-refractivity contribution in [2.24, 2.45) is 0 Å². The van der Waals surface area contributed by atoms with Crippen molar-refractivity contribution in [2.45, 2.75) is 6.42 Å². The molecule has 3 aromatic rings. The molecule has 7 nitrogen and oxygen atoms in total. The van der Waals surface area contributed by atoms with Crippen LogP contribution in [0.15, 0.2) is 23.6 Å². The molecule has 1 aliphatic heterocycles. The van der Waals surface area contributed by atoms with Crippen molar-refractivity contribution < 1.29 is 9.59 Å². The summed E-state index contributed by atoms with van der Waals surface area (Å²) in [6.07, 6.45) is 0.128. The Morgan fingerprint density at radius 2 is 2.28 bits per heavy atom. The quantitative estimate of drug-likeness (QED) is 0.712. The maximum absolute atomic E-state index is 12.2. The molecule has 2 N–H and O–H groups in total. The number of anilines is 2. The fourth-order valence-electron chi connectivity index (χ4n) is 2.44. The van der Waals surface area contributed by atoms with Crippen molar-refractivity contribution >= 4 is 66.7 Å². The molecule has 10 heteroatoms. The Kier molecular flexibility index (Phi) is 4.28. The van der Waals surface area contributed by atoms with E-state index in [1.54, 1.807) is 16.3 Å². The summed E-state index contributed by atoms with van der Waals surface area (Å²) in [7, 11) is 0. The molecule has 3 amide bonds. The monoisotopic (exact) mass is 393 g/mol. The van der Waals surface area contributed by atoms with E-state index in [2.05, 4.69) is 20.6 Å². The van der Waals surface area contributed by atoms with Gasteiger partial charge < -0.3 is 10.6 Å². The van der Waals surface area contributed by atoms with Crippen LogP contribution in [-0.2, 0) is 11.2 Å². The van der Waals surface area contributed by atoms with Crippen LogP contribution in [0.5, 0.6) is 0 Å². The van der Waals surface area contributed by atoms with Gasteiger partial charge in [-0.25, -0.2) is 14.8 Å². The SMILES string of the molecule is O=C(Cc1csc(N2CCNC2=O)n1)Nc1nc2ccc(Cl)cc2s1. The molecule has 1 aromatic carbocycles. The number of fused-ring (bicyclic) bond motifs is 1. The average molecular weight is 394 g/mol. The van der Waals surface area contributed by atoms with Crippen LogP contribution in [0.1, 0.15) is 5.69 Å². The molecular formula is C15H12ClN5O2S2. The Hall–Kier alpha value is -2.23. The third-order valence-corrected chi connectivity index (χ3v) is 5.65. The summed E-state index contributed by atoms with van der Waals surface area (Å²) in [6, 6.07) is 5.24. The van der Waals surface area contributed by atoms with Gasteiger partial charge in [0.15, 0.2) is 10.3 Å². The molecule has 2 aromatic heterocycles. The molecule has 0 unspecified atom stereocenters. The second kappa shape index (κ2) is 6.58. The highest BCUT2D eigenvalue weighted by molar-refractivity contribution is 7.22. The first-order valence-electron chi connectivity index (χ1n) is 7.44. The van der Waals surface area contributed by atoms with Gasteiger partial charge in [-0.05, 0) is 18.2 Å². The fraction of sp³-hybridized carbons (Fsp3) is 0.200. The number of nitrogens with zero attached hydrogens (tertiary/aromatic N) is 3. The second-order valence-corrected chi connectivity index (χ2v) is 7.66. The smallest absolute Gasteiger partial charge is 0.323 e. The molecule has 0 saturated carbocycles. The molecule has 3 heterocycles.